The minimum absolute atomic E-state index is 0. The van der Waals surface area contributed by atoms with E-state index in [0.29, 0.717) is 29.9 Å². The van der Waals surface area contributed by atoms with E-state index in [4.69, 9.17) is 4.74 Å². The van der Waals surface area contributed by atoms with Gasteiger partial charge in [-0.05, 0) is 44.2 Å². The normalized spacial score (nSPS) is 19.4. The number of aliphatic hydroxyl groups is 1. The van der Waals surface area contributed by atoms with Crippen molar-refractivity contribution < 1.29 is 9.84 Å². The second kappa shape index (κ2) is 9.33. The molecule has 2 fully saturated rings. The van der Waals surface area contributed by atoms with Crippen LogP contribution >= 0.6 is 12.4 Å². The summed E-state index contributed by atoms with van der Waals surface area (Å²) >= 11 is 0. The number of aryl methyl sites for hydroxylation is 1. The summed E-state index contributed by atoms with van der Waals surface area (Å²) in [5.74, 6) is 0.612. The van der Waals surface area contributed by atoms with Gasteiger partial charge in [0.25, 0.3) is 0 Å². The molecule has 7 heteroatoms. The lowest BCUT2D eigenvalue weighted by molar-refractivity contribution is 0.0331. The fourth-order valence-corrected chi connectivity index (χ4v) is 4.90. The molecule has 1 unspecified atom stereocenters. The van der Waals surface area contributed by atoms with E-state index in [1.807, 2.05) is 19.1 Å². The standard InChI is InChI=1S/C21H31N3O3.ClH/c1-14-10-11-18(20-19(14)22-21(26)23-20)27-13-17(25)12-24(15-6-2-3-7-15)16-8-4-5-9-16;/h10-11,15-17,25H,2-9,12-13H2,1H3,(H2,22,23,26);1H. The average Bonchev–Trinajstić information content (AvgIpc) is 3.40. The minimum Gasteiger partial charge on any atom is -0.489 e. The molecule has 1 heterocycles. The number of rotatable bonds is 7. The number of hydrogen-bond donors (Lipinski definition) is 3. The summed E-state index contributed by atoms with van der Waals surface area (Å²) < 4.78 is 5.91. The number of H-pyrrole nitrogens is 2. The fourth-order valence-electron chi connectivity index (χ4n) is 4.90. The van der Waals surface area contributed by atoms with Crippen molar-refractivity contribution in [2.24, 2.45) is 0 Å². The SMILES string of the molecule is Cc1ccc(OCC(O)CN(C2CCCC2)C2CCCC2)c2[nH]c(=O)[nH]c12.Cl. The molecule has 3 N–H and O–H groups in total. The molecule has 2 saturated carbocycles. The van der Waals surface area contributed by atoms with Crippen molar-refractivity contribution in [2.45, 2.75) is 76.5 Å². The summed E-state index contributed by atoms with van der Waals surface area (Å²) in [6.07, 6.45) is 9.73. The Kier molecular flexibility index (Phi) is 7.07. The van der Waals surface area contributed by atoms with Crippen molar-refractivity contribution in [3.63, 3.8) is 0 Å². The van der Waals surface area contributed by atoms with Gasteiger partial charge in [-0.2, -0.15) is 0 Å². The number of aromatic nitrogens is 2. The molecule has 6 nitrogen and oxygen atoms in total. The molecule has 0 spiro atoms. The lowest BCUT2D eigenvalue weighted by atomic mass is 10.1. The molecule has 2 aliphatic rings. The fraction of sp³-hybridized carbons (Fsp3) is 0.667. The molecule has 0 bridgehead atoms. The number of imidazole rings is 1. The minimum atomic E-state index is -0.534. The molecule has 4 rings (SSSR count). The zero-order valence-corrected chi connectivity index (χ0v) is 17.4. The van der Waals surface area contributed by atoms with Crippen LogP contribution in [0.15, 0.2) is 16.9 Å². The maximum atomic E-state index is 11.6. The van der Waals surface area contributed by atoms with Gasteiger partial charge in [-0.3, -0.25) is 4.90 Å². The van der Waals surface area contributed by atoms with E-state index < -0.39 is 6.10 Å². The summed E-state index contributed by atoms with van der Waals surface area (Å²) in [7, 11) is 0. The first-order chi connectivity index (χ1) is 13.1. The maximum absolute atomic E-state index is 11.6. The monoisotopic (exact) mass is 409 g/mol. The Morgan fingerprint density at radius 1 is 1.07 bits per heavy atom. The second-order valence-electron chi connectivity index (χ2n) is 8.25. The van der Waals surface area contributed by atoms with Crippen LogP contribution in [-0.2, 0) is 0 Å². The number of hydrogen-bond acceptors (Lipinski definition) is 4. The van der Waals surface area contributed by atoms with Crippen molar-refractivity contribution in [2.75, 3.05) is 13.2 Å². The predicted octanol–water partition coefficient (Wildman–Crippen LogP) is 3.51. The summed E-state index contributed by atoms with van der Waals surface area (Å²) in [5.41, 5.74) is 2.20. The van der Waals surface area contributed by atoms with Crippen LogP contribution in [0, 0.1) is 6.92 Å². The zero-order chi connectivity index (χ0) is 18.8. The van der Waals surface area contributed by atoms with Gasteiger partial charge in [0.2, 0.25) is 0 Å². The van der Waals surface area contributed by atoms with Gasteiger partial charge in [-0.15, -0.1) is 12.4 Å². The van der Waals surface area contributed by atoms with Crippen molar-refractivity contribution in [3.8, 4) is 5.75 Å². The summed E-state index contributed by atoms with van der Waals surface area (Å²) in [6.45, 7) is 2.86. The highest BCUT2D eigenvalue weighted by Crippen LogP contribution is 2.32. The number of nitrogens with zero attached hydrogens (tertiary/aromatic N) is 1. The Morgan fingerprint density at radius 2 is 1.64 bits per heavy atom. The predicted molar refractivity (Wildman–Crippen MR) is 114 cm³/mol. The van der Waals surface area contributed by atoms with E-state index >= 15 is 0 Å². The third-order valence-corrected chi connectivity index (χ3v) is 6.29. The number of ether oxygens (including phenoxy) is 1. The number of fused-ring (bicyclic) bond motifs is 1. The molecule has 2 aliphatic carbocycles. The van der Waals surface area contributed by atoms with Crippen LogP contribution in [0.5, 0.6) is 5.75 Å². The Balaban J connectivity index is 0.00000225. The van der Waals surface area contributed by atoms with E-state index in [2.05, 4.69) is 14.9 Å². The molecule has 1 aromatic heterocycles. The Hall–Kier alpha value is -1.50. The van der Waals surface area contributed by atoms with Gasteiger partial charge in [0.05, 0.1) is 5.52 Å². The van der Waals surface area contributed by atoms with Gasteiger partial charge in [-0.25, -0.2) is 4.79 Å². The molecule has 28 heavy (non-hydrogen) atoms. The Labute approximate surface area is 172 Å². The molecule has 0 aliphatic heterocycles. The third kappa shape index (κ3) is 4.56. The molecular weight excluding hydrogens is 378 g/mol. The van der Waals surface area contributed by atoms with Crippen molar-refractivity contribution >= 4 is 23.4 Å². The maximum Gasteiger partial charge on any atom is 0.323 e. The topological polar surface area (TPSA) is 81.3 Å². The van der Waals surface area contributed by atoms with Crippen LogP contribution in [0.2, 0.25) is 0 Å². The summed E-state index contributed by atoms with van der Waals surface area (Å²) in [4.78, 5) is 19.8. The first kappa shape index (κ1) is 21.2. The third-order valence-electron chi connectivity index (χ3n) is 6.29. The number of halogens is 1. The van der Waals surface area contributed by atoms with Crippen LogP contribution in [-0.4, -0.2) is 51.3 Å². The lowest BCUT2D eigenvalue weighted by Crippen LogP contribution is -2.46. The number of benzene rings is 1. The van der Waals surface area contributed by atoms with E-state index in [-0.39, 0.29) is 24.7 Å². The highest BCUT2D eigenvalue weighted by Gasteiger charge is 2.31. The highest BCUT2D eigenvalue weighted by molar-refractivity contribution is 5.85. The second-order valence-corrected chi connectivity index (χ2v) is 8.25. The zero-order valence-electron chi connectivity index (χ0n) is 16.6. The number of aromatic amines is 2. The Morgan fingerprint density at radius 3 is 2.25 bits per heavy atom. The van der Waals surface area contributed by atoms with Crippen molar-refractivity contribution in [1.82, 2.24) is 14.9 Å². The molecule has 0 radical (unpaired) electrons. The van der Waals surface area contributed by atoms with Gasteiger partial charge in [0.1, 0.15) is 24.0 Å². The molecule has 0 saturated heterocycles. The molecule has 0 amide bonds. The summed E-state index contributed by atoms with van der Waals surface area (Å²) in [6, 6.07) is 5.03. The van der Waals surface area contributed by atoms with Crippen LogP contribution in [0.1, 0.15) is 56.9 Å². The summed E-state index contributed by atoms with van der Waals surface area (Å²) in [5, 5.41) is 10.7. The molecule has 1 atom stereocenters. The number of nitrogens with one attached hydrogen (secondary N) is 2. The lowest BCUT2D eigenvalue weighted by Gasteiger charge is -2.36. The van der Waals surface area contributed by atoms with Gasteiger partial charge in [-0.1, -0.05) is 31.7 Å². The van der Waals surface area contributed by atoms with E-state index in [0.717, 1.165) is 11.1 Å². The molecule has 156 valence electrons. The van der Waals surface area contributed by atoms with Gasteiger partial charge in [0, 0.05) is 18.6 Å². The van der Waals surface area contributed by atoms with Crippen molar-refractivity contribution in [3.05, 3.63) is 28.2 Å². The largest absolute Gasteiger partial charge is 0.489 e. The van der Waals surface area contributed by atoms with Crippen molar-refractivity contribution in [1.29, 1.82) is 0 Å². The Bertz CT molecular complexity index is 806. The highest BCUT2D eigenvalue weighted by atomic mass is 35.5. The van der Waals surface area contributed by atoms with Gasteiger partial charge >= 0.3 is 5.69 Å². The average molecular weight is 410 g/mol. The molecule has 1 aromatic carbocycles. The van der Waals surface area contributed by atoms with Crippen LogP contribution in [0.25, 0.3) is 11.0 Å². The molecular formula is C21H32ClN3O3. The first-order valence-electron chi connectivity index (χ1n) is 10.4. The van der Waals surface area contributed by atoms with Gasteiger partial charge < -0.3 is 19.8 Å². The van der Waals surface area contributed by atoms with Crippen LogP contribution in [0.3, 0.4) is 0 Å². The van der Waals surface area contributed by atoms with Crippen LogP contribution < -0.4 is 10.4 Å². The van der Waals surface area contributed by atoms with Crippen LogP contribution in [0.4, 0.5) is 0 Å². The van der Waals surface area contributed by atoms with E-state index in [9.17, 15) is 9.90 Å². The molecule has 2 aromatic rings. The smallest absolute Gasteiger partial charge is 0.323 e. The van der Waals surface area contributed by atoms with E-state index in [1.54, 1.807) is 0 Å². The quantitative estimate of drug-likeness (QED) is 0.653. The van der Waals surface area contributed by atoms with E-state index in [1.165, 1.54) is 51.4 Å². The van der Waals surface area contributed by atoms with Gasteiger partial charge in [0.15, 0.2) is 0 Å². The first-order valence-corrected chi connectivity index (χ1v) is 10.4. The number of aliphatic hydroxyl groups excluding tert-OH is 1.